The number of hydrogen-bond donors (Lipinski definition) is 1. The Balaban J connectivity index is 1.63. The molecule has 0 radical (unpaired) electrons. The molecule has 0 atom stereocenters. The molecule has 5 nitrogen and oxygen atoms in total. The first-order valence-corrected chi connectivity index (χ1v) is 9.34. The zero-order valence-electron chi connectivity index (χ0n) is 14.9. The lowest BCUT2D eigenvalue weighted by molar-refractivity contribution is -0.138. The molecule has 1 fully saturated rings. The van der Waals surface area contributed by atoms with Crippen LogP contribution >= 0.6 is 11.8 Å². The summed E-state index contributed by atoms with van der Waals surface area (Å²) in [7, 11) is 0. The van der Waals surface area contributed by atoms with Crippen LogP contribution in [0.4, 0.5) is 18.0 Å². The zero-order chi connectivity index (χ0) is 21.0. The molecule has 0 saturated carbocycles. The van der Waals surface area contributed by atoms with Crippen molar-refractivity contribution in [3.05, 3.63) is 76.2 Å². The van der Waals surface area contributed by atoms with Gasteiger partial charge in [0, 0.05) is 13.1 Å². The maximum atomic E-state index is 13.0. The minimum Gasteiger partial charge on any atom is -0.350 e. The molecule has 1 aliphatic heterocycles. The largest absolute Gasteiger partial charge is 0.417 e. The molecule has 1 N–H and O–H groups in total. The van der Waals surface area contributed by atoms with Crippen LogP contribution < -0.4 is 5.32 Å². The molecule has 29 heavy (non-hydrogen) atoms. The maximum absolute atomic E-state index is 13.0. The summed E-state index contributed by atoms with van der Waals surface area (Å²) in [6.45, 7) is -0.307. The van der Waals surface area contributed by atoms with E-state index in [1.54, 1.807) is 30.3 Å². The molecule has 0 unspecified atom stereocenters. The summed E-state index contributed by atoms with van der Waals surface area (Å²) in [6.07, 6.45) is -3.08. The molecule has 1 saturated heterocycles. The molecule has 150 valence electrons. The fourth-order valence-corrected chi connectivity index (χ4v) is 3.56. The summed E-state index contributed by atoms with van der Waals surface area (Å²) in [4.78, 5) is 37.8. The van der Waals surface area contributed by atoms with Crippen molar-refractivity contribution in [1.82, 2.24) is 10.2 Å². The van der Waals surface area contributed by atoms with Gasteiger partial charge in [0.1, 0.15) is 0 Å². The zero-order valence-corrected chi connectivity index (χ0v) is 15.7. The Morgan fingerprint density at radius 1 is 1.03 bits per heavy atom. The number of alkyl halides is 3. The van der Waals surface area contributed by atoms with E-state index in [0.717, 1.165) is 34.4 Å². The topological polar surface area (TPSA) is 66.5 Å². The van der Waals surface area contributed by atoms with Gasteiger partial charge in [-0.2, -0.15) is 13.2 Å². The number of rotatable bonds is 5. The Morgan fingerprint density at radius 2 is 1.69 bits per heavy atom. The van der Waals surface area contributed by atoms with E-state index >= 15 is 0 Å². The normalized spacial score (nSPS) is 15.8. The fraction of sp³-hybridized carbons (Fsp3) is 0.150. The van der Waals surface area contributed by atoms with Gasteiger partial charge in [0.2, 0.25) is 0 Å². The van der Waals surface area contributed by atoms with Crippen LogP contribution in [0.25, 0.3) is 6.08 Å². The molecule has 2 aromatic carbocycles. The molecule has 2 aromatic rings. The van der Waals surface area contributed by atoms with Crippen LogP contribution in [-0.4, -0.2) is 35.0 Å². The highest BCUT2D eigenvalue weighted by Crippen LogP contribution is 2.33. The number of halogens is 3. The lowest BCUT2D eigenvalue weighted by Crippen LogP contribution is -2.37. The van der Waals surface area contributed by atoms with E-state index in [9.17, 15) is 27.6 Å². The minimum atomic E-state index is -4.66. The number of benzene rings is 2. The predicted octanol–water partition coefficient (Wildman–Crippen LogP) is 4.17. The second-order valence-electron chi connectivity index (χ2n) is 6.04. The van der Waals surface area contributed by atoms with Gasteiger partial charge in [-0.25, -0.2) is 0 Å². The average Bonchev–Trinajstić information content (AvgIpc) is 2.95. The van der Waals surface area contributed by atoms with Crippen molar-refractivity contribution in [2.24, 2.45) is 0 Å². The van der Waals surface area contributed by atoms with Gasteiger partial charge >= 0.3 is 6.18 Å². The van der Waals surface area contributed by atoms with Gasteiger partial charge in [-0.05, 0) is 35.5 Å². The Bertz CT molecular complexity index is 974. The highest BCUT2D eigenvalue weighted by molar-refractivity contribution is 8.18. The van der Waals surface area contributed by atoms with Crippen molar-refractivity contribution in [2.45, 2.75) is 6.18 Å². The number of carbonyl (C=O) groups excluding carboxylic acids is 3. The molecular weight excluding hydrogens is 405 g/mol. The van der Waals surface area contributed by atoms with Gasteiger partial charge < -0.3 is 5.32 Å². The van der Waals surface area contributed by atoms with Crippen molar-refractivity contribution in [3.8, 4) is 0 Å². The number of amides is 3. The highest BCUT2D eigenvalue weighted by atomic mass is 32.2. The molecule has 0 aliphatic carbocycles. The summed E-state index contributed by atoms with van der Waals surface area (Å²) >= 11 is 0.775. The number of nitrogens with zero attached hydrogens (tertiary/aromatic N) is 1. The number of hydrogen-bond acceptors (Lipinski definition) is 4. The Morgan fingerprint density at radius 3 is 2.38 bits per heavy atom. The minimum absolute atomic E-state index is 0.142. The Hall–Kier alpha value is -3.07. The molecule has 3 rings (SSSR count). The number of carbonyl (C=O) groups is 3. The summed E-state index contributed by atoms with van der Waals surface area (Å²) in [6, 6.07) is 13.4. The summed E-state index contributed by atoms with van der Waals surface area (Å²) in [5, 5.41) is 1.83. The van der Waals surface area contributed by atoms with E-state index in [2.05, 4.69) is 5.32 Å². The van der Waals surface area contributed by atoms with E-state index in [4.69, 9.17) is 0 Å². The lowest BCUT2D eigenvalue weighted by Gasteiger charge is -2.15. The molecule has 1 aliphatic rings. The SMILES string of the molecule is O=C(NCCN1C(=O)S/C(=C\c2ccccc2)C1=O)c1ccccc1C(F)(F)F. The molecule has 0 spiro atoms. The molecule has 1 heterocycles. The Labute approximate surface area is 168 Å². The summed E-state index contributed by atoms with van der Waals surface area (Å²) in [5.41, 5.74) is -0.803. The van der Waals surface area contributed by atoms with Crippen molar-refractivity contribution in [2.75, 3.05) is 13.1 Å². The molecule has 0 aromatic heterocycles. The van der Waals surface area contributed by atoms with Crippen LogP contribution in [0, 0.1) is 0 Å². The van der Waals surface area contributed by atoms with Crippen LogP contribution in [0.3, 0.4) is 0 Å². The van der Waals surface area contributed by atoms with Gasteiger partial charge in [-0.3, -0.25) is 19.3 Å². The first-order chi connectivity index (χ1) is 13.8. The second kappa shape index (κ2) is 8.52. The van der Waals surface area contributed by atoms with E-state index in [-0.39, 0.29) is 18.0 Å². The third-order valence-electron chi connectivity index (χ3n) is 4.07. The number of thioether (sulfide) groups is 1. The number of imide groups is 1. The van der Waals surface area contributed by atoms with Gasteiger partial charge in [-0.1, -0.05) is 42.5 Å². The number of nitrogens with one attached hydrogen (secondary N) is 1. The van der Waals surface area contributed by atoms with Gasteiger partial charge in [0.05, 0.1) is 16.0 Å². The van der Waals surface area contributed by atoms with Crippen molar-refractivity contribution < 1.29 is 27.6 Å². The predicted molar refractivity (Wildman–Crippen MR) is 103 cm³/mol. The van der Waals surface area contributed by atoms with Crippen LogP contribution in [0.15, 0.2) is 59.5 Å². The van der Waals surface area contributed by atoms with Gasteiger partial charge in [0.15, 0.2) is 0 Å². The summed E-state index contributed by atoms with van der Waals surface area (Å²) in [5.74, 6) is -1.43. The van der Waals surface area contributed by atoms with Gasteiger partial charge in [-0.15, -0.1) is 0 Å². The third-order valence-corrected chi connectivity index (χ3v) is 4.98. The summed E-state index contributed by atoms with van der Waals surface area (Å²) < 4.78 is 39.0. The van der Waals surface area contributed by atoms with Crippen LogP contribution in [0.5, 0.6) is 0 Å². The van der Waals surface area contributed by atoms with E-state index in [1.807, 2.05) is 6.07 Å². The Kier molecular flexibility index (Phi) is 6.07. The average molecular weight is 420 g/mol. The maximum Gasteiger partial charge on any atom is 0.417 e. The van der Waals surface area contributed by atoms with Crippen molar-refractivity contribution in [1.29, 1.82) is 0 Å². The van der Waals surface area contributed by atoms with E-state index < -0.39 is 34.4 Å². The third kappa shape index (κ3) is 4.86. The fourth-order valence-electron chi connectivity index (χ4n) is 2.70. The molecule has 0 bridgehead atoms. The molecule has 3 amide bonds. The van der Waals surface area contributed by atoms with Gasteiger partial charge in [0.25, 0.3) is 17.1 Å². The van der Waals surface area contributed by atoms with Crippen LogP contribution in [-0.2, 0) is 11.0 Å². The standard InChI is InChI=1S/C20H15F3N2O3S/c21-20(22,23)15-9-5-4-8-14(15)17(26)24-10-11-25-18(27)16(29-19(25)28)12-13-6-2-1-3-7-13/h1-9,12H,10-11H2,(H,24,26)/b16-12-. The first kappa shape index (κ1) is 20.7. The molecular formula is C20H15F3N2O3S. The van der Waals surface area contributed by atoms with Crippen LogP contribution in [0.2, 0.25) is 0 Å². The quantitative estimate of drug-likeness (QED) is 0.738. The first-order valence-electron chi connectivity index (χ1n) is 8.52. The monoisotopic (exact) mass is 420 g/mol. The smallest absolute Gasteiger partial charge is 0.350 e. The highest BCUT2D eigenvalue weighted by Gasteiger charge is 2.36. The van der Waals surface area contributed by atoms with Crippen molar-refractivity contribution in [3.63, 3.8) is 0 Å². The van der Waals surface area contributed by atoms with E-state index in [1.165, 1.54) is 12.1 Å². The van der Waals surface area contributed by atoms with E-state index in [0.29, 0.717) is 0 Å². The lowest BCUT2D eigenvalue weighted by atomic mass is 10.1. The second-order valence-corrected chi connectivity index (χ2v) is 7.04. The van der Waals surface area contributed by atoms with Crippen molar-refractivity contribution >= 4 is 34.9 Å². The molecule has 9 heteroatoms. The van der Waals surface area contributed by atoms with Crippen LogP contribution in [0.1, 0.15) is 21.5 Å².